The molecule has 94 heavy (non-hydrogen) atoms. The summed E-state index contributed by atoms with van der Waals surface area (Å²) in [5.74, 6) is -3.45. The van der Waals surface area contributed by atoms with Crippen LogP contribution >= 0.6 is 0 Å². The van der Waals surface area contributed by atoms with Gasteiger partial charge in [0.15, 0.2) is 24.4 Å². The van der Waals surface area contributed by atoms with Gasteiger partial charge in [0.25, 0.3) is 0 Å². The van der Waals surface area contributed by atoms with Crippen molar-refractivity contribution in [1.29, 1.82) is 0 Å². The number of carbonyl (C=O) groups excluding carboxylic acids is 3. The summed E-state index contributed by atoms with van der Waals surface area (Å²) in [5.41, 5.74) is 5.56. The van der Waals surface area contributed by atoms with Gasteiger partial charge in [-0.05, 0) is 92.8 Å². The fourth-order valence-electron chi connectivity index (χ4n) is 10.2. The van der Waals surface area contributed by atoms with Crippen molar-refractivity contribution in [3.63, 3.8) is 0 Å². The van der Waals surface area contributed by atoms with Crippen LogP contribution in [0.1, 0.15) is 70.8 Å². The molecule has 4 atom stereocenters. The zero-order valence-electron chi connectivity index (χ0n) is 51.7. The molecule has 0 saturated heterocycles. The fourth-order valence-corrected chi connectivity index (χ4v) is 10.2. The van der Waals surface area contributed by atoms with Crippen LogP contribution in [0.4, 0.5) is 0 Å². The quantitative estimate of drug-likeness (QED) is 0.0399. The molecule has 0 radical (unpaired) electrons. The maximum atomic E-state index is 12.2. The predicted octanol–water partition coefficient (Wildman–Crippen LogP) is 12.5. The topological polar surface area (TPSA) is 242 Å². The Morgan fingerprint density at radius 3 is 0.957 bits per heavy atom. The molecular formula is C78H73KO15. The minimum Gasteiger partial charge on any atom is -0.870 e. The first-order valence-corrected chi connectivity index (χ1v) is 29.0. The van der Waals surface area contributed by atoms with E-state index in [9.17, 15) is 34.2 Å². The first-order chi connectivity index (χ1) is 44.3. The van der Waals surface area contributed by atoms with Gasteiger partial charge in [-0.25, -0.2) is 19.2 Å². The van der Waals surface area contributed by atoms with E-state index < -0.39 is 54.3 Å². The molecule has 0 amide bonds. The average molecular weight is 1290 g/mol. The van der Waals surface area contributed by atoms with Crippen LogP contribution in [0.25, 0.3) is 53.9 Å². The number of benzene rings is 12. The molecule has 12 rings (SSSR count). The number of esters is 3. The first kappa shape index (κ1) is 75.4. The van der Waals surface area contributed by atoms with Crippen LogP contribution in [-0.2, 0) is 67.3 Å². The normalized spacial score (nSPS) is 11.5. The van der Waals surface area contributed by atoms with Crippen molar-refractivity contribution in [3.8, 4) is 0 Å². The number of methoxy groups -OCH3 is 3. The smallest absolute Gasteiger partial charge is 0.870 e. The largest absolute Gasteiger partial charge is 1.00 e. The van der Waals surface area contributed by atoms with Crippen molar-refractivity contribution in [1.82, 2.24) is 0 Å². The van der Waals surface area contributed by atoms with Crippen LogP contribution in [0.15, 0.2) is 273 Å². The third-order valence-corrected chi connectivity index (χ3v) is 14.7. The second-order valence-electron chi connectivity index (χ2n) is 20.5. The maximum absolute atomic E-state index is 12.2. The molecule has 16 heteroatoms. The number of carbonyl (C=O) groups is 5. The summed E-state index contributed by atoms with van der Waals surface area (Å²) in [7, 11) is 4.02. The molecule has 0 aliphatic carbocycles. The van der Waals surface area contributed by atoms with E-state index in [0.29, 0.717) is 24.3 Å². The Kier molecular flexibility index (Phi) is 31.0. The zero-order valence-corrected chi connectivity index (χ0v) is 54.9. The SMILES string of the molecule is C.COC(=O)C(O)c1cccc2ccccc12.COC(=O)C(OCc1ccccc1)c1cccc2ccccc12.COC(=O)C(OCc1ccccc1)c1cccc2ccccc12.O=C(O)C(O)c1cccc2ccccc12.O=C(O)Cc1cccc2ccccc12.[K+].[OH-]. The van der Waals surface area contributed by atoms with Gasteiger partial charge in [0, 0.05) is 0 Å². The molecule has 0 aromatic heterocycles. The maximum Gasteiger partial charge on any atom is 1.00 e. The second-order valence-corrected chi connectivity index (χ2v) is 20.5. The van der Waals surface area contributed by atoms with Crippen molar-refractivity contribution in [2.24, 2.45) is 0 Å². The van der Waals surface area contributed by atoms with Crippen molar-refractivity contribution >= 4 is 83.7 Å². The first-order valence-electron chi connectivity index (χ1n) is 29.0. The van der Waals surface area contributed by atoms with E-state index >= 15 is 0 Å². The van der Waals surface area contributed by atoms with Crippen molar-refractivity contribution in [2.45, 2.75) is 51.5 Å². The number of aliphatic hydroxyl groups is 2. The van der Waals surface area contributed by atoms with Gasteiger partial charge >= 0.3 is 81.2 Å². The molecule has 4 unspecified atom stereocenters. The molecule has 0 saturated carbocycles. The summed E-state index contributed by atoms with van der Waals surface area (Å²) >= 11 is 0. The van der Waals surface area contributed by atoms with E-state index in [0.717, 1.165) is 81.7 Å². The van der Waals surface area contributed by atoms with Gasteiger partial charge in [0.2, 0.25) is 0 Å². The van der Waals surface area contributed by atoms with E-state index in [1.807, 2.05) is 249 Å². The Bertz CT molecular complexity index is 4230. The molecule has 0 bridgehead atoms. The third kappa shape index (κ3) is 20.6. The van der Waals surface area contributed by atoms with Crippen LogP contribution in [0.3, 0.4) is 0 Å². The van der Waals surface area contributed by atoms with E-state index in [1.54, 1.807) is 24.3 Å². The fraction of sp³-hybridized carbons (Fsp3) is 0.141. The number of rotatable bonds is 16. The summed E-state index contributed by atoms with van der Waals surface area (Å²) in [6.07, 6.45) is -4.09. The van der Waals surface area contributed by atoms with Crippen LogP contribution in [0, 0.1) is 0 Å². The Labute approximate surface area is 588 Å². The van der Waals surface area contributed by atoms with Crippen molar-refractivity contribution < 1.29 is 125 Å². The second kappa shape index (κ2) is 38.7. The Balaban J connectivity index is 0.000000214. The van der Waals surface area contributed by atoms with Crippen molar-refractivity contribution in [2.75, 3.05) is 21.3 Å². The minimum atomic E-state index is -1.46. The summed E-state index contributed by atoms with van der Waals surface area (Å²) in [6.45, 7) is 0.702. The zero-order chi connectivity index (χ0) is 64.5. The van der Waals surface area contributed by atoms with Gasteiger partial charge in [0.1, 0.15) is 0 Å². The Morgan fingerprint density at radius 2 is 0.617 bits per heavy atom. The minimum absolute atomic E-state index is 0. The third-order valence-electron chi connectivity index (χ3n) is 14.7. The number of hydrogen-bond acceptors (Lipinski definition) is 13. The summed E-state index contributed by atoms with van der Waals surface area (Å²) in [6, 6.07) is 86.4. The summed E-state index contributed by atoms with van der Waals surface area (Å²) in [5, 5.41) is 46.6. The average Bonchev–Trinajstić information content (AvgIpc) is 1.14. The van der Waals surface area contributed by atoms with Gasteiger partial charge < -0.3 is 49.6 Å². The van der Waals surface area contributed by atoms with E-state index in [2.05, 4.69) is 4.74 Å². The number of aliphatic hydroxyl groups excluding tert-OH is 2. The molecule has 12 aromatic rings. The molecule has 0 aliphatic rings. The van der Waals surface area contributed by atoms with Gasteiger partial charge in [-0.15, -0.1) is 0 Å². The molecular weight excluding hydrogens is 1220 g/mol. The monoisotopic (exact) mass is 1290 g/mol. The molecule has 12 aromatic carbocycles. The van der Waals surface area contributed by atoms with Crippen LogP contribution in [0.2, 0.25) is 0 Å². The Morgan fingerprint density at radius 1 is 0.340 bits per heavy atom. The molecule has 15 nitrogen and oxygen atoms in total. The number of carboxylic acids is 2. The molecule has 476 valence electrons. The van der Waals surface area contributed by atoms with Gasteiger partial charge in [-0.2, -0.15) is 0 Å². The van der Waals surface area contributed by atoms with E-state index in [1.165, 1.54) is 21.3 Å². The van der Waals surface area contributed by atoms with Crippen LogP contribution in [0.5, 0.6) is 0 Å². The number of fused-ring (bicyclic) bond motifs is 5. The number of hydrogen-bond donors (Lipinski definition) is 4. The van der Waals surface area contributed by atoms with E-state index in [4.69, 9.17) is 29.2 Å². The molecule has 0 heterocycles. The standard InChI is InChI=1S/2C20H18O3.C13H12O3.C12H10O3.C12H10O2.CH4.K.H2O/c2*1-22-20(21)19(23-14-15-8-3-2-4-9-15)18-13-7-11-16-10-5-6-12-17(16)18;1-16-13(15)12(14)11-8-4-6-9-5-2-3-7-10(9)11;13-11(12(14)15)10-7-3-5-8-4-1-2-6-9(8)10;13-12(14)8-10-6-3-5-9-4-1-2-7-11(9)10;;;/h2*2-13,19H,14H2,1H3;2-8,12,14H,1H3;1-7,11,13H,(H,14,15);1-7H,8H2,(H,13,14);1H4;;1H2/q;;;;;;+1;/p-1. The molecule has 5 N–H and O–H groups in total. The number of ether oxygens (including phenoxy) is 5. The van der Waals surface area contributed by atoms with Crippen LogP contribution < -0.4 is 51.4 Å². The van der Waals surface area contributed by atoms with Gasteiger partial charge in [-0.3, -0.25) is 4.79 Å². The number of aliphatic carboxylic acids is 2. The van der Waals surface area contributed by atoms with E-state index in [-0.39, 0.29) is 70.7 Å². The van der Waals surface area contributed by atoms with Crippen molar-refractivity contribution in [3.05, 3.63) is 312 Å². The Hall–Kier alpha value is -9.27. The molecule has 0 aliphatic heterocycles. The van der Waals surface area contributed by atoms with Crippen LogP contribution in [-0.4, -0.2) is 77.1 Å². The van der Waals surface area contributed by atoms with Gasteiger partial charge in [-0.1, -0.05) is 280 Å². The predicted molar refractivity (Wildman–Crippen MR) is 361 cm³/mol. The number of carboxylic acid groups (broad SMARTS) is 2. The van der Waals surface area contributed by atoms with Gasteiger partial charge in [0.05, 0.1) is 41.0 Å². The molecule has 0 spiro atoms. The summed E-state index contributed by atoms with van der Waals surface area (Å²) in [4.78, 5) is 57.0. The molecule has 0 fully saturated rings. The summed E-state index contributed by atoms with van der Waals surface area (Å²) < 4.78 is 26.2.